The van der Waals surface area contributed by atoms with Gasteiger partial charge in [0, 0.05) is 12.6 Å². The second kappa shape index (κ2) is 11.1. The number of piperidine rings is 1. The van der Waals surface area contributed by atoms with Crippen LogP contribution in [0.25, 0.3) is 0 Å². The molecule has 1 saturated heterocycles. The van der Waals surface area contributed by atoms with E-state index in [4.69, 9.17) is 9.26 Å². The molecule has 0 spiro atoms. The number of rotatable bonds is 8. The Kier molecular flexibility index (Phi) is 7.73. The minimum absolute atomic E-state index is 0.0279. The molecule has 2 aromatic carbocycles. The maximum absolute atomic E-state index is 13.3. The summed E-state index contributed by atoms with van der Waals surface area (Å²) in [5.41, 5.74) is 0.346. The normalized spacial score (nSPS) is 23.3. The Balaban J connectivity index is 1.32. The Morgan fingerprint density at radius 3 is 2.53 bits per heavy atom. The quantitative estimate of drug-likeness (QED) is 0.399. The van der Waals surface area contributed by atoms with Crippen molar-refractivity contribution in [2.24, 2.45) is 11.8 Å². The fraction of sp³-hybridized carbons (Fsp3) is 0.500. The summed E-state index contributed by atoms with van der Waals surface area (Å²) >= 11 is 0. The van der Waals surface area contributed by atoms with Gasteiger partial charge in [-0.25, -0.2) is 4.39 Å². The molecule has 2 fully saturated rings. The SMILES string of the molecule is CCC1CCN(Cc2cc(C(O)(c3ccccc3)C3CCCCC3)no2)CC1Oc1ccc(F)cc1. The lowest BCUT2D eigenvalue weighted by atomic mass is 9.71. The predicted octanol–water partition coefficient (Wildman–Crippen LogP) is 6.31. The number of nitrogens with zero attached hydrogens (tertiary/aromatic N) is 2. The Bertz CT molecular complexity index is 1100. The maximum Gasteiger partial charge on any atom is 0.151 e. The zero-order valence-electron chi connectivity index (χ0n) is 21.1. The largest absolute Gasteiger partial charge is 0.489 e. The third-order valence-corrected chi connectivity index (χ3v) is 8.14. The van der Waals surface area contributed by atoms with E-state index < -0.39 is 5.60 Å². The smallest absolute Gasteiger partial charge is 0.151 e. The van der Waals surface area contributed by atoms with Gasteiger partial charge in [-0.1, -0.05) is 61.7 Å². The van der Waals surface area contributed by atoms with Crippen LogP contribution in [-0.2, 0) is 12.1 Å². The molecular formula is C30H37FN2O3. The molecule has 36 heavy (non-hydrogen) atoms. The topological polar surface area (TPSA) is 58.7 Å². The summed E-state index contributed by atoms with van der Waals surface area (Å²) in [7, 11) is 0. The molecule has 5 nitrogen and oxygen atoms in total. The molecule has 1 aliphatic carbocycles. The molecule has 6 heteroatoms. The van der Waals surface area contributed by atoms with Gasteiger partial charge in [-0.15, -0.1) is 0 Å². The highest BCUT2D eigenvalue weighted by atomic mass is 19.1. The molecule has 2 heterocycles. The first-order valence-electron chi connectivity index (χ1n) is 13.4. The van der Waals surface area contributed by atoms with Gasteiger partial charge in [0.1, 0.15) is 29.0 Å². The molecule has 5 rings (SSSR count). The Morgan fingerprint density at radius 2 is 1.81 bits per heavy atom. The summed E-state index contributed by atoms with van der Waals surface area (Å²) < 4.78 is 25.4. The highest BCUT2D eigenvalue weighted by molar-refractivity contribution is 5.33. The van der Waals surface area contributed by atoms with Crippen LogP contribution >= 0.6 is 0 Å². The number of aromatic nitrogens is 1. The summed E-state index contributed by atoms with van der Waals surface area (Å²) in [4.78, 5) is 2.33. The van der Waals surface area contributed by atoms with E-state index in [2.05, 4.69) is 17.0 Å². The minimum Gasteiger partial charge on any atom is -0.489 e. The summed E-state index contributed by atoms with van der Waals surface area (Å²) in [6.45, 7) is 4.52. The molecular weight excluding hydrogens is 455 g/mol. The van der Waals surface area contributed by atoms with E-state index in [9.17, 15) is 9.50 Å². The van der Waals surface area contributed by atoms with Gasteiger partial charge >= 0.3 is 0 Å². The van der Waals surface area contributed by atoms with Crippen molar-refractivity contribution in [2.75, 3.05) is 13.1 Å². The molecule has 3 unspecified atom stereocenters. The van der Waals surface area contributed by atoms with E-state index in [1.165, 1.54) is 18.6 Å². The summed E-state index contributed by atoms with van der Waals surface area (Å²) in [5.74, 6) is 1.77. The first kappa shape index (κ1) is 25.0. The number of hydrogen-bond acceptors (Lipinski definition) is 5. The number of halogens is 1. The second-order valence-corrected chi connectivity index (χ2v) is 10.4. The van der Waals surface area contributed by atoms with Gasteiger partial charge in [-0.2, -0.15) is 0 Å². The first-order valence-corrected chi connectivity index (χ1v) is 13.4. The Hall–Kier alpha value is -2.70. The molecule has 3 atom stereocenters. The van der Waals surface area contributed by atoms with Gasteiger partial charge in [-0.05, 0) is 73.9 Å². The van der Waals surface area contributed by atoms with Gasteiger partial charge in [0.2, 0.25) is 0 Å². The summed E-state index contributed by atoms with van der Waals surface area (Å²) in [6, 6.07) is 18.1. The van der Waals surface area contributed by atoms with Gasteiger partial charge in [0.05, 0.1) is 6.54 Å². The van der Waals surface area contributed by atoms with E-state index in [1.807, 2.05) is 36.4 Å². The third-order valence-electron chi connectivity index (χ3n) is 8.14. The molecule has 0 amide bonds. The van der Waals surface area contributed by atoms with Crippen molar-refractivity contribution < 1.29 is 18.8 Å². The lowest BCUT2D eigenvalue weighted by molar-refractivity contribution is -0.00685. The van der Waals surface area contributed by atoms with Crippen molar-refractivity contribution in [1.82, 2.24) is 10.1 Å². The van der Waals surface area contributed by atoms with Crippen molar-refractivity contribution in [3.05, 3.63) is 83.5 Å². The highest BCUT2D eigenvalue weighted by Gasteiger charge is 2.43. The van der Waals surface area contributed by atoms with Crippen molar-refractivity contribution in [2.45, 2.75) is 70.1 Å². The molecule has 2 aliphatic rings. The zero-order chi connectivity index (χ0) is 25.0. The maximum atomic E-state index is 13.3. The molecule has 1 aliphatic heterocycles. The highest BCUT2D eigenvalue weighted by Crippen LogP contribution is 2.43. The van der Waals surface area contributed by atoms with Crippen molar-refractivity contribution >= 4 is 0 Å². The van der Waals surface area contributed by atoms with Crippen molar-refractivity contribution in [3.63, 3.8) is 0 Å². The van der Waals surface area contributed by atoms with E-state index in [1.54, 1.807) is 12.1 Å². The second-order valence-electron chi connectivity index (χ2n) is 10.4. The van der Waals surface area contributed by atoms with E-state index in [-0.39, 0.29) is 17.8 Å². The minimum atomic E-state index is -1.15. The summed E-state index contributed by atoms with van der Waals surface area (Å²) in [5, 5.41) is 16.5. The van der Waals surface area contributed by atoms with Gasteiger partial charge in [0.15, 0.2) is 5.76 Å². The number of aliphatic hydroxyl groups is 1. The molecule has 3 aromatic rings. The van der Waals surface area contributed by atoms with Gasteiger partial charge in [-0.3, -0.25) is 4.90 Å². The standard InChI is InChI=1S/C30H37FN2O3/c1-2-22-17-18-33(21-28(22)35-26-15-13-25(31)14-16-26)20-27-19-29(32-36-27)30(34,23-9-5-3-6-10-23)24-11-7-4-8-12-24/h3,5-6,9-10,13-16,19,22,24,28,34H,2,4,7-8,11-12,17-18,20-21H2,1H3. The first-order chi connectivity index (χ1) is 17.6. The molecule has 1 saturated carbocycles. The number of likely N-dealkylation sites (tertiary alicyclic amines) is 1. The molecule has 1 N–H and O–H groups in total. The van der Waals surface area contributed by atoms with Crippen molar-refractivity contribution in [1.29, 1.82) is 0 Å². The number of benzene rings is 2. The number of hydrogen-bond donors (Lipinski definition) is 1. The zero-order valence-corrected chi connectivity index (χ0v) is 21.1. The van der Waals surface area contributed by atoms with Crippen LogP contribution in [0.2, 0.25) is 0 Å². The monoisotopic (exact) mass is 492 g/mol. The van der Waals surface area contributed by atoms with Crippen LogP contribution in [0.5, 0.6) is 5.75 Å². The molecule has 192 valence electrons. The average Bonchev–Trinajstić information content (AvgIpc) is 3.40. The fourth-order valence-electron chi connectivity index (χ4n) is 6.05. The molecule has 0 bridgehead atoms. The predicted molar refractivity (Wildman–Crippen MR) is 137 cm³/mol. The van der Waals surface area contributed by atoms with Crippen LogP contribution in [0.3, 0.4) is 0 Å². The molecule has 1 aromatic heterocycles. The lowest BCUT2D eigenvalue weighted by Crippen LogP contribution is -2.46. The average molecular weight is 493 g/mol. The van der Waals surface area contributed by atoms with Gasteiger partial charge < -0.3 is 14.4 Å². The Morgan fingerprint density at radius 1 is 1.06 bits per heavy atom. The third kappa shape index (κ3) is 5.35. The van der Waals surface area contributed by atoms with Gasteiger partial charge in [0.25, 0.3) is 0 Å². The van der Waals surface area contributed by atoms with E-state index in [0.717, 1.165) is 62.9 Å². The van der Waals surface area contributed by atoms with Crippen LogP contribution in [0.4, 0.5) is 4.39 Å². The van der Waals surface area contributed by atoms with E-state index in [0.29, 0.717) is 23.9 Å². The van der Waals surface area contributed by atoms with Crippen LogP contribution in [0.15, 0.2) is 65.2 Å². The van der Waals surface area contributed by atoms with Crippen molar-refractivity contribution in [3.8, 4) is 5.75 Å². The Labute approximate surface area is 213 Å². The van der Waals surface area contributed by atoms with Crippen LogP contribution < -0.4 is 4.74 Å². The van der Waals surface area contributed by atoms with Crippen LogP contribution in [-0.4, -0.2) is 34.4 Å². The molecule has 0 radical (unpaired) electrons. The lowest BCUT2D eigenvalue weighted by Gasteiger charge is -2.38. The van der Waals surface area contributed by atoms with E-state index >= 15 is 0 Å². The summed E-state index contributed by atoms with van der Waals surface area (Å²) in [6.07, 6.45) is 7.55. The fourth-order valence-corrected chi connectivity index (χ4v) is 6.05. The van der Waals surface area contributed by atoms with Crippen LogP contribution in [0.1, 0.15) is 68.9 Å². The number of ether oxygens (including phenoxy) is 1. The van der Waals surface area contributed by atoms with Crippen LogP contribution in [0, 0.1) is 17.7 Å².